The fourth-order valence-electron chi connectivity index (χ4n) is 3.35. The molecule has 0 unspecified atom stereocenters. The van der Waals surface area contributed by atoms with E-state index in [1.54, 1.807) is 48.7 Å². The van der Waals surface area contributed by atoms with Crippen LogP contribution in [0.4, 0.5) is 5.69 Å². The van der Waals surface area contributed by atoms with Crippen LogP contribution in [0.5, 0.6) is 0 Å². The highest BCUT2D eigenvalue weighted by molar-refractivity contribution is 6.31. The van der Waals surface area contributed by atoms with Crippen LogP contribution in [0.3, 0.4) is 0 Å². The minimum absolute atomic E-state index is 0.238. The molecule has 0 radical (unpaired) electrons. The van der Waals surface area contributed by atoms with Crippen molar-refractivity contribution in [3.63, 3.8) is 0 Å². The number of anilines is 1. The average molecular weight is 471 g/mol. The number of rotatable bonds is 7. The van der Waals surface area contributed by atoms with Gasteiger partial charge in [-0.1, -0.05) is 66.2 Å². The zero-order valence-corrected chi connectivity index (χ0v) is 18.7. The Hall–Kier alpha value is -4.29. The molecular weight excluding hydrogens is 452 g/mol. The zero-order chi connectivity index (χ0) is 23.9. The summed E-state index contributed by atoms with van der Waals surface area (Å²) in [6.45, 7) is -0.515. The average Bonchev–Trinajstić information content (AvgIpc) is 2.87. The fraction of sp³-hybridized carbons (Fsp3) is 0.0370. The number of hydrogen-bond acceptors (Lipinski definition) is 5. The van der Waals surface area contributed by atoms with Gasteiger partial charge in [-0.25, -0.2) is 4.79 Å². The Bertz CT molecular complexity index is 1400. The van der Waals surface area contributed by atoms with Crippen LogP contribution in [-0.4, -0.2) is 29.3 Å². The third kappa shape index (κ3) is 5.54. The number of nitrogens with zero attached hydrogens (tertiary/aromatic N) is 1. The molecule has 4 rings (SSSR count). The number of para-hydroxylation sites is 1. The van der Waals surface area contributed by atoms with Gasteiger partial charge in [-0.2, -0.15) is 0 Å². The van der Waals surface area contributed by atoms with Gasteiger partial charge in [0.1, 0.15) is 0 Å². The number of fused-ring (bicyclic) bond motifs is 1. The first-order valence-electron chi connectivity index (χ1n) is 10.4. The van der Waals surface area contributed by atoms with Gasteiger partial charge in [-0.15, -0.1) is 0 Å². The van der Waals surface area contributed by atoms with Crippen molar-refractivity contribution in [2.75, 3.05) is 11.9 Å². The van der Waals surface area contributed by atoms with Crippen molar-refractivity contribution in [2.45, 2.75) is 0 Å². The predicted molar refractivity (Wildman–Crippen MR) is 132 cm³/mol. The van der Waals surface area contributed by atoms with Gasteiger partial charge in [-0.05, 0) is 30.3 Å². The van der Waals surface area contributed by atoms with Crippen molar-refractivity contribution in [2.24, 2.45) is 0 Å². The molecule has 3 aromatic carbocycles. The normalized spacial score (nSPS) is 10.9. The van der Waals surface area contributed by atoms with Crippen molar-refractivity contribution in [3.8, 4) is 0 Å². The maximum Gasteiger partial charge on any atom is 0.331 e. The Kier molecular flexibility index (Phi) is 7.10. The van der Waals surface area contributed by atoms with E-state index in [9.17, 15) is 14.4 Å². The van der Waals surface area contributed by atoms with E-state index in [4.69, 9.17) is 16.3 Å². The molecule has 0 spiro atoms. The Morgan fingerprint density at radius 2 is 1.74 bits per heavy atom. The fourth-order valence-corrected chi connectivity index (χ4v) is 3.52. The quantitative estimate of drug-likeness (QED) is 0.224. The largest absolute Gasteiger partial charge is 0.452 e. The molecule has 1 N–H and O–H groups in total. The molecule has 34 heavy (non-hydrogen) atoms. The standard InChI is InChI=1S/C27H19ClN2O4/c28-21-12-13-23(22(16-21)27(33)20-6-2-1-3-7-20)30-24(31)17-34-25(32)14-11-19-9-4-8-18-10-5-15-29-26(18)19/h1-16H,17H2,(H,30,31)/b14-11+. The molecule has 0 bridgehead atoms. The van der Waals surface area contributed by atoms with Crippen molar-refractivity contribution in [1.82, 2.24) is 4.98 Å². The Morgan fingerprint density at radius 1 is 0.941 bits per heavy atom. The monoisotopic (exact) mass is 470 g/mol. The Labute approximate surface area is 200 Å². The number of ketones is 1. The number of nitrogens with one attached hydrogen (secondary N) is 1. The van der Waals surface area contributed by atoms with Gasteiger partial charge in [0.05, 0.1) is 11.2 Å². The van der Waals surface area contributed by atoms with E-state index >= 15 is 0 Å². The second-order valence-corrected chi connectivity index (χ2v) is 7.73. The van der Waals surface area contributed by atoms with Gasteiger partial charge >= 0.3 is 5.97 Å². The molecule has 4 aromatic rings. The molecule has 0 atom stereocenters. The maximum atomic E-state index is 12.9. The molecule has 0 aliphatic carbocycles. The number of hydrogen-bond donors (Lipinski definition) is 1. The first-order chi connectivity index (χ1) is 16.5. The van der Waals surface area contributed by atoms with Crippen molar-refractivity contribution < 1.29 is 19.1 Å². The molecule has 1 aromatic heterocycles. The summed E-state index contributed by atoms with van der Waals surface area (Å²) in [7, 11) is 0. The van der Waals surface area contributed by atoms with Gasteiger partial charge in [0.15, 0.2) is 12.4 Å². The third-order valence-electron chi connectivity index (χ3n) is 4.94. The number of halogens is 1. The number of aromatic nitrogens is 1. The molecule has 0 fully saturated rings. The van der Waals surface area contributed by atoms with Crippen molar-refractivity contribution in [1.29, 1.82) is 0 Å². The van der Waals surface area contributed by atoms with Gasteiger partial charge in [0, 0.05) is 39.4 Å². The predicted octanol–water partition coefficient (Wildman–Crippen LogP) is 5.31. The third-order valence-corrected chi connectivity index (χ3v) is 5.18. The molecule has 0 aliphatic heterocycles. The second kappa shape index (κ2) is 10.6. The van der Waals surface area contributed by atoms with E-state index in [0.29, 0.717) is 10.6 Å². The van der Waals surface area contributed by atoms with Crippen LogP contribution in [0, 0.1) is 0 Å². The molecule has 0 aliphatic rings. The number of pyridine rings is 1. The molecule has 0 saturated carbocycles. The number of ether oxygens (including phenoxy) is 1. The first kappa shape index (κ1) is 22.9. The van der Waals surface area contributed by atoms with Crippen LogP contribution < -0.4 is 5.32 Å². The summed E-state index contributed by atoms with van der Waals surface area (Å²) in [5, 5.41) is 3.92. The van der Waals surface area contributed by atoms with Gasteiger partial charge in [0.2, 0.25) is 0 Å². The summed E-state index contributed by atoms with van der Waals surface area (Å²) < 4.78 is 5.05. The number of amides is 1. The van der Waals surface area contributed by atoms with Crippen molar-refractivity contribution in [3.05, 3.63) is 113 Å². The second-order valence-electron chi connectivity index (χ2n) is 7.30. The SMILES string of the molecule is O=C(COC(=O)/C=C/c1cccc2cccnc12)Nc1ccc(Cl)cc1C(=O)c1ccccc1. The molecule has 1 heterocycles. The van der Waals surface area contributed by atoms with Gasteiger partial charge in [-0.3, -0.25) is 14.6 Å². The van der Waals surface area contributed by atoms with Crippen molar-refractivity contribution >= 4 is 51.9 Å². The maximum absolute atomic E-state index is 12.9. The van der Waals surface area contributed by atoms with Crippen LogP contribution in [0.2, 0.25) is 5.02 Å². The lowest BCUT2D eigenvalue weighted by Crippen LogP contribution is -2.21. The van der Waals surface area contributed by atoms with E-state index in [-0.39, 0.29) is 17.0 Å². The van der Waals surface area contributed by atoms with E-state index in [1.807, 2.05) is 30.3 Å². The highest BCUT2D eigenvalue weighted by Crippen LogP contribution is 2.24. The first-order valence-corrected chi connectivity index (χ1v) is 10.8. The van der Waals surface area contributed by atoms with E-state index < -0.39 is 18.5 Å². The molecule has 0 saturated heterocycles. The highest BCUT2D eigenvalue weighted by atomic mass is 35.5. The minimum Gasteiger partial charge on any atom is -0.452 e. The molecule has 1 amide bonds. The summed E-state index contributed by atoms with van der Waals surface area (Å²) in [5.41, 5.74) is 2.48. The van der Waals surface area contributed by atoms with Crippen LogP contribution in [0.1, 0.15) is 21.5 Å². The summed E-state index contributed by atoms with van der Waals surface area (Å²) in [4.78, 5) is 41.7. The van der Waals surface area contributed by atoms with Gasteiger partial charge < -0.3 is 10.1 Å². The number of carbonyl (C=O) groups is 3. The van der Waals surface area contributed by atoms with E-state index in [1.165, 1.54) is 18.2 Å². The topological polar surface area (TPSA) is 85.4 Å². The Morgan fingerprint density at radius 3 is 2.56 bits per heavy atom. The number of esters is 1. The number of carbonyl (C=O) groups excluding carboxylic acids is 3. The van der Waals surface area contributed by atoms with Gasteiger partial charge in [0.25, 0.3) is 5.91 Å². The summed E-state index contributed by atoms with van der Waals surface area (Å²) in [6, 6.07) is 22.6. The summed E-state index contributed by atoms with van der Waals surface area (Å²) in [6.07, 6.45) is 4.50. The highest BCUT2D eigenvalue weighted by Gasteiger charge is 2.16. The van der Waals surface area contributed by atoms with E-state index in [2.05, 4.69) is 10.3 Å². The molecular formula is C27H19ClN2O4. The lowest BCUT2D eigenvalue weighted by Gasteiger charge is -2.11. The van der Waals surface area contributed by atoms with Crippen LogP contribution >= 0.6 is 11.6 Å². The van der Waals surface area contributed by atoms with Crippen LogP contribution in [0.15, 0.2) is 91.1 Å². The molecule has 6 nitrogen and oxygen atoms in total. The minimum atomic E-state index is -0.681. The zero-order valence-electron chi connectivity index (χ0n) is 17.9. The Balaban J connectivity index is 1.40. The summed E-state index contributed by atoms with van der Waals surface area (Å²) in [5.74, 6) is -1.56. The molecule has 168 valence electrons. The van der Waals surface area contributed by atoms with Crippen LogP contribution in [0.25, 0.3) is 17.0 Å². The molecule has 7 heteroatoms. The lowest BCUT2D eigenvalue weighted by atomic mass is 10.0. The lowest BCUT2D eigenvalue weighted by molar-refractivity contribution is -0.142. The van der Waals surface area contributed by atoms with Crippen LogP contribution in [-0.2, 0) is 14.3 Å². The number of benzene rings is 3. The smallest absolute Gasteiger partial charge is 0.331 e. The van der Waals surface area contributed by atoms with E-state index in [0.717, 1.165) is 16.5 Å². The summed E-state index contributed by atoms with van der Waals surface area (Å²) >= 11 is 6.06.